The molecule has 1 aliphatic carbocycles. The second kappa shape index (κ2) is 5.69. The van der Waals surface area contributed by atoms with E-state index in [4.69, 9.17) is 0 Å². The van der Waals surface area contributed by atoms with Crippen molar-refractivity contribution in [3.63, 3.8) is 0 Å². The molecule has 0 saturated heterocycles. The highest BCUT2D eigenvalue weighted by Gasteiger charge is 2.45. The molecule has 0 bridgehead atoms. The van der Waals surface area contributed by atoms with Gasteiger partial charge >= 0.3 is 0 Å². The fourth-order valence-corrected chi connectivity index (χ4v) is 3.98. The summed E-state index contributed by atoms with van der Waals surface area (Å²) < 4.78 is 29.3. The predicted octanol–water partition coefficient (Wildman–Crippen LogP) is 4.14. The van der Waals surface area contributed by atoms with Crippen molar-refractivity contribution in [3.05, 3.63) is 47.0 Å². The zero-order valence-corrected chi connectivity index (χ0v) is 13.2. The van der Waals surface area contributed by atoms with Gasteiger partial charge in [-0.1, -0.05) is 25.3 Å². The van der Waals surface area contributed by atoms with Crippen molar-refractivity contribution in [2.45, 2.75) is 63.3 Å². The van der Waals surface area contributed by atoms with Crippen LogP contribution in [0.3, 0.4) is 0 Å². The van der Waals surface area contributed by atoms with E-state index in [1.54, 1.807) is 6.07 Å². The number of aryl methyl sites for hydroxylation is 1. The van der Waals surface area contributed by atoms with Gasteiger partial charge in [0.15, 0.2) is 11.6 Å². The van der Waals surface area contributed by atoms with Gasteiger partial charge in [-0.2, -0.15) is 0 Å². The SMILES string of the molecule is Fc1ccc(C2(c3nnc4n3CCCCCC4)CCC2)cc1F. The highest BCUT2D eigenvalue weighted by atomic mass is 19.2. The third-order valence-electron chi connectivity index (χ3n) is 5.47. The summed E-state index contributed by atoms with van der Waals surface area (Å²) in [6.07, 6.45) is 8.66. The van der Waals surface area contributed by atoms with E-state index in [-0.39, 0.29) is 5.41 Å². The van der Waals surface area contributed by atoms with E-state index in [0.29, 0.717) is 0 Å². The third kappa shape index (κ3) is 2.37. The molecule has 1 aromatic heterocycles. The van der Waals surface area contributed by atoms with Crippen LogP contribution in [-0.4, -0.2) is 14.8 Å². The number of aromatic nitrogens is 3. The molecule has 2 heterocycles. The maximum absolute atomic E-state index is 13.8. The molecule has 1 aromatic carbocycles. The summed E-state index contributed by atoms with van der Waals surface area (Å²) in [5.74, 6) is 0.432. The molecule has 5 heteroatoms. The number of halogens is 2. The molecule has 4 rings (SSSR count). The van der Waals surface area contributed by atoms with Crippen LogP contribution in [0.5, 0.6) is 0 Å². The number of hydrogen-bond acceptors (Lipinski definition) is 2. The molecule has 0 atom stereocenters. The molecule has 1 fully saturated rings. The summed E-state index contributed by atoms with van der Waals surface area (Å²) in [5.41, 5.74) is 0.541. The quantitative estimate of drug-likeness (QED) is 0.833. The Hall–Kier alpha value is -1.78. The lowest BCUT2D eigenvalue weighted by Gasteiger charge is -2.41. The first-order valence-electron chi connectivity index (χ1n) is 8.59. The lowest BCUT2D eigenvalue weighted by Crippen LogP contribution is -2.39. The summed E-state index contributed by atoms with van der Waals surface area (Å²) in [5, 5.41) is 8.92. The molecule has 0 spiro atoms. The molecule has 3 nitrogen and oxygen atoms in total. The van der Waals surface area contributed by atoms with E-state index in [1.165, 1.54) is 25.0 Å². The van der Waals surface area contributed by atoms with Crippen LogP contribution in [0.25, 0.3) is 0 Å². The minimum Gasteiger partial charge on any atom is -0.314 e. The monoisotopic (exact) mass is 317 g/mol. The van der Waals surface area contributed by atoms with Gasteiger partial charge in [-0.05, 0) is 43.4 Å². The van der Waals surface area contributed by atoms with Gasteiger partial charge in [-0.25, -0.2) is 8.78 Å². The van der Waals surface area contributed by atoms with Crippen molar-refractivity contribution in [2.24, 2.45) is 0 Å². The van der Waals surface area contributed by atoms with Crippen molar-refractivity contribution >= 4 is 0 Å². The van der Waals surface area contributed by atoms with Gasteiger partial charge < -0.3 is 4.57 Å². The Bertz CT molecular complexity index is 719. The van der Waals surface area contributed by atoms with E-state index >= 15 is 0 Å². The van der Waals surface area contributed by atoms with Crippen LogP contribution in [0.4, 0.5) is 8.78 Å². The Morgan fingerprint density at radius 2 is 1.74 bits per heavy atom. The summed E-state index contributed by atoms with van der Waals surface area (Å²) >= 11 is 0. The molecular weight excluding hydrogens is 296 g/mol. The number of hydrogen-bond donors (Lipinski definition) is 0. The highest BCUT2D eigenvalue weighted by Crippen LogP contribution is 2.48. The van der Waals surface area contributed by atoms with E-state index in [2.05, 4.69) is 14.8 Å². The van der Waals surface area contributed by atoms with Crippen molar-refractivity contribution in [1.82, 2.24) is 14.8 Å². The molecule has 1 saturated carbocycles. The van der Waals surface area contributed by atoms with E-state index in [1.807, 2.05) is 0 Å². The maximum atomic E-state index is 13.8. The molecule has 0 N–H and O–H groups in total. The number of nitrogens with zero attached hydrogens (tertiary/aromatic N) is 3. The second-order valence-electron chi connectivity index (χ2n) is 6.82. The van der Waals surface area contributed by atoms with E-state index < -0.39 is 11.6 Å². The number of fused-ring (bicyclic) bond motifs is 1. The highest BCUT2D eigenvalue weighted by molar-refractivity contribution is 5.37. The lowest BCUT2D eigenvalue weighted by atomic mass is 9.63. The Morgan fingerprint density at radius 3 is 2.48 bits per heavy atom. The van der Waals surface area contributed by atoms with Gasteiger partial charge in [0, 0.05) is 13.0 Å². The van der Waals surface area contributed by atoms with Crippen molar-refractivity contribution in [2.75, 3.05) is 0 Å². The third-order valence-corrected chi connectivity index (χ3v) is 5.47. The molecular formula is C18H21F2N3. The number of benzene rings is 1. The first kappa shape index (κ1) is 14.8. The summed E-state index contributed by atoms with van der Waals surface area (Å²) in [4.78, 5) is 0. The van der Waals surface area contributed by atoms with Crippen LogP contribution in [0, 0.1) is 11.6 Å². The molecule has 122 valence electrons. The van der Waals surface area contributed by atoms with Crippen molar-refractivity contribution in [1.29, 1.82) is 0 Å². The molecule has 23 heavy (non-hydrogen) atoms. The van der Waals surface area contributed by atoms with Crippen LogP contribution in [0.15, 0.2) is 18.2 Å². The van der Waals surface area contributed by atoms with Crippen LogP contribution >= 0.6 is 0 Å². The van der Waals surface area contributed by atoms with Gasteiger partial charge in [-0.3, -0.25) is 0 Å². The average molecular weight is 317 g/mol. The lowest BCUT2D eigenvalue weighted by molar-refractivity contribution is 0.270. The van der Waals surface area contributed by atoms with Crippen LogP contribution in [0.2, 0.25) is 0 Å². The summed E-state index contributed by atoms with van der Waals surface area (Å²) in [6, 6.07) is 4.29. The van der Waals surface area contributed by atoms with Crippen molar-refractivity contribution in [3.8, 4) is 0 Å². The fraction of sp³-hybridized carbons (Fsp3) is 0.556. The van der Waals surface area contributed by atoms with Gasteiger partial charge in [0.1, 0.15) is 11.6 Å². The van der Waals surface area contributed by atoms with E-state index in [0.717, 1.165) is 62.3 Å². The van der Waals surface area contributed by atoms with Gasteiger partial charge in [0.05, 0.1) is 5.41 Å². The largest absolute Gasteiger partial charge is 0.314 e. The average Bonchev–Trinajstić information content (AvgIpc) is 2.84. The fourth-order valence-electron chi connectivity index (χ4n) is 3.98. The predicted molar refractivity (Wildman–Crippen MR) is 83.2 cm³/mol. The van der Waals surface area contributed by atoms with Gasteiger partial charge in [0.25, 0.3) is 0 Å². The Balaban J connectivity index is 1.79. The normalized spacial score (nSPS) is 20.3. The maximum Gasteiger partial charge on any atom is 0.159 e. The molecule has 0 radical (unpaired) electrons. The van der Waals surface area contributed by atoms with E-state index in [9.17, 15) is 8.78 Å². The smallest absolute Gasteiger partial charge is 0.159 e. The minimum absolute atomic E-state index is 0.293. The summed E-state index contributed by atoms with van der Waals surface area (Å²) in [6.45, 7) is 0.934. The topological polar surface area (TPSA) is 30.7 Å². The van der Waals surface area contributed by atoms with Gasteiger partial charge in [-0.15, -0.1) is 10.2 Å². The first-order valence-corrected chi connectivity index (χ1v) is 8.59. The Labute approximate surface area is 134 Å². The second-order valence-corrected chi connectivity index (χ2v) is 6.82. The first-order chi connectivity index (χ1) is 11.2. The van der Waals surface area contributed by atoms with Crippen LogP contribution in [0.1, 0.15) is 62.2 Å². The standard InChI is InChI=1S/C18H21F2N3/c19-14-8-7-13(12-15(14)20)18(9-5-10-18)17-22-21-16-6-3-1-2-4-11-23(16)17/h7-8,12H,1-6,9-11H2. The number of rotatable bonds is 2. The van der Waals surface area contributed by atoms with Gasteiger partial charge in [0.2, 0.25) is 0 Å². The summed E-state index contributed by atoms with van der Waals surface area (Å²) in [7, 11) is 0. The Morgan fingerprint density at radius 1 is 0.913 bits per heavy atom. The zero-order valence-electron chi connectivity index (χ0n) is 13.2. The van der Waals surface area contributed by atoms with Crippen LogP contribution < -0.4 is 0 Å². The molecule has 0 amide bonds. The molecule has 2 aromatic rings. The Kier molecular flexibility index (Phi) is 3.66. The van der Waals surface area contributed by atoms with Crippen molar-refractivity contribution < 1.29 is 8.78 Å². The molecule has 1 aliphatic heterocycles. The molecule has 2 aliphatic rings. The minimum atomic E-state index is -0.792. The zero-order chi connectivity index (χ0) is 15.9. The van der Waals surface area contributed by atoms with Crippen LogP contribution in [-0.2, 0) is 18.4 Å². The molecule has 0 unspecified atom stereocenters.